The van der Waals surface area contributed by atoms with Crippen molar-refractivity contribution in [3.05, 3.63) is 17.5 Å². The van der Waals surface area contributed by atoms with Crippen LogP contribution >= 0.6 is 0 Å². The number of carbonyl (C=O) groups excluding carboxylic acids is 3. The van der Waals surface area contributed by atoms with Gasteiger partial charge in [0.25, 0.3) is 5.91 Å². The quantitative estimate of drug-likeness (QED) is 0.787. The van der Waals surface area contributed by atoms with Gasteiger partial charge in [0.1, 0.15) is 5.54 Å². The highest BCUT2D eigenvalue weighted by atomic mass is 16.5. The van der Waals surface area contributed by atoms with E-state index >= 15 is 0 Å². The number of hydrazine groups is 1. The number of hydrogen-bond donors (Lipinski definition) is 2. The van der Waals surface area contributed by atoms with Crippen molar-refractivity contribution < 1.29 is 18.9 Å². The van der Waals surface area contributed by atoms with E-state index in [0.29, 0.717) is 18.5 Å². The fourth-order valence-electron chi connectivity index (χ4n) is 2.84. The number of nitrogens with one attached hydrogen (secondary N) is 2. The van der Waals surface area contributed by atoms with E-state index in [9.17, 15) is 14.4 Å². The molecule has 0 atom stereocenters. The van der Waals surface area contributed by atoms with Crippen molar-refractivity contribution in [2.75, 3.05) is 0 Å². The molecule has 112 valence electrons. The molecule has 0 radical (unpaired) electrons. The van der Waals surface area contributed by atoms with E-state index in [4.69, 9.17) is 4.52 Å². The first-order valence-corrected chi connectivity index (χ1v) is 6.93. The fraction of sp³-hybridized carbons (Fsp3) is 0.538. The van der Waals surface area contributed by atoms with Crippen LogP contribution in [0.15, 0.2) is 10.6 Å². The van der Waals surface area contributed by atoms with Crippen LogP contribution in [0, 0.1) is 6.92 Å². The molecule has 2 N–H and O–H groups in total. The van der Waals surface area contributed by atoms with Crippen LogP contribution in [0.5, 0.6) is 0 Å². The molecule has 1 saturated carbocycles. The van der Waals surface area contributed by atoms with Gasteiger partial charge in [-0.2, -0.15) is 5.01 Å². The third kappa shape index (κ3) is 2.26. The van der Waals surface area contributed by atoms with Crippen molar-refractivity contribution in [3.63, 3.8) is 0 Å². The summed E-state index contributed by atoms with van der Waals surface area (Å²) in [7, 11) is 0. The lowest BCUT2D eigenvalue weighted by Gasteiger charge is -2.30. The Morgan fingerprint density at radius 3 is 2.71 bits per heavy atom. The second-order valence-corrected chi connectivity index (χ2v) is 5.49. The van der Waals surface area contributed by atoms with Gasteiger partial charge in [0.2, 0.25) is 5.76 Å². The summed E-state index contributed by atoms with van der Waals surface area (Å²) >= 11 is 0. The molecule has 1 aromatic rings. The lowest BCUT2D eigenvalue weighted by atomic mass is 9.82. The van der Waals surface area contributed by atoms with Crippen molar-refractivity contribution in [1.82, 2.24) is 20.9 Å². The second kappa shape index (κ2) is 4.87. The Morgan fingerprint density at radius 1 is 1.38 bits per heavy atom. The standard InChI is InChI=1S/C13H16N4O4/c1-8-7-9(21-16-8)10(18)15-17-11(19)13(14-12(17)20)5-3-2-4-6-13/h7H,2-6H2,1H3,(H,14,20)(H,15,18). The third-order valence-corrected chi connectivity index (χ3v) is 3.93. The lowest BCUT2D eigenvalue weighted by Crippen LogP contribution is -2.50. The Bertz CT molecular complexity index is 603. The second-order valence-electron chi connectivity index (χ2n) is 5.49. The molecule has 21 heavy (non-hydrogen) atoms. The topological polar surface area (TPSA) is 105 Å². The van der Waals surface area contributed by atoms with Crippen LogP contribution in [-0.2, 0) is 4.79 Å². The lowest BCUT2D eigenvalue weighted by molar-refractivity contribution is -0.134. The summed E-state index contributed by atoms with van der Waals surface area (Å²) in [5.41, 5.74) is 1.96. The predicted molar refractivity (Wildman–Crippen MR) is 69.9 cm³/mol. The number of imide groups is 1. The summed E-state index contributed by atoms with van der Waals surface area (Å²) in [6.07, 6.45) is 4.02. The van der Waals surface area contributed by atoms with E-state index < -0.39 is 23.4 Å². The monoisotopic (exact) mass is 292 g/mol. The largest absolute Gasteiger partial charge is 0.351 e. The predicted octanol–water partition coefficient (Wildman–Crippen LogP) is 0.883. The minimum atomic E-state index is -0.861. The summed E-state index contributed by atoms with van der Waals surface area (Å²) in [4.78, 5) is 36.4. The van der Waals surface area contributed by atoms with E-state index in [1.807, 2.05) is 0 Å². The number of amides is 4. The van der Waals surface area contributed by atoms with Gasteiger partial charge in [0, 0.05) is 6.07 Å². The van der Waals surface area contributed by atoms with Crippen molar-refractivity contribution in [2.45, 2.75) is 44.6 Å². The molecule has 1 aliphatic heterocycles. The highest BCUT2D eigenvalue weighted by Crippen LogP contribution is 2.33. The molecule has 4 amide bonds. The molecule has 0 bridgehead atoms. The maximum atomic E-state index is 12.4. The van der Waals surface area contributed by atoms with Gasteiger partial charge in [0.05, 0.1) is 5.69 Å². The van der Waals surface area contributed by atoms with Crippen LogP contribution in [0.4, 0.5) is 4.79 Å². The van der Waals surface area contributed by atoms with Crippen LogP contribution in [0.2, 0.25) is 0 Å². The minimum absolute atomic E-state index is 0.0438. The fourth-order valence-corrected chi connectivity index (χ4v) is 2.84. The zero-order valence-electron chi connectivity index (χ0n) is 11.6. The molecule has 8 nitrogen and oxygen atoms in total. The van der Waals surface area contributed by atoms with Gasteiger partial charge in [-0.3, -0.25) is 9.59 Å². The normalized spacial score (nSPS) is 20.7. The number of hydrogen-bond acceptors (Lipinski definition) is 5. The van der Waals surface area contributed by atoms with Gasteiger partial charge < -0.3 is 9.84 Å². The van der Waals surface area contributed by atoms with Crippen molar-refractivity contribution in [3.8, 4) is 0 Å². The first kappa shape index (κ1) is 13.6. The number of urea groups is 1. The van der Waals surface area contributed by atoms with Crippen LogP contribution < -0.4 is 10.7 Å². The van der Waals surface area contributed by atoms with Crippen LogP contribution in [0.1, 0.15) is 48.4 Å². The number of aromatic nitrogens is 1. The molecule has 1 spiro atoms. The highest BCUT2D eigenvalue weighted by Gasteiger charge is 2.52. The number of nitrogens with zero attached hydrogens (tertiary/aromatic N) is 2. The van der Waals surface area contributed by atoms with Crippen LogP contribution in [-0.4, -0.2) is 33.5 Å². The molecule has 0 unspecified atom stereocenters. The molecule has 1 aromatic heterocycles. The molecule has 2 fully saturated rings. The molecule has 0 aromatic carbocycles. The van der Waals surface area contributed by atoms with E-state index in [2.05, 4.69) is 15.9 Å². The summed E-state index contributed by atoms with van der Waals surface area (Å²) < 4.78 is 4.81. The zero-order chi connectivity index (χ0) is 15.0. The third-order valence-electron chi connectivity index (χ3n) is 3.93. The van der Waals surface area contributed by atoms with E-state index in [1.54, 1.807) is 6.92 Å². The molecular weight excluding hydrogens is 276 g/mol. The van der Waals surface area contributed by atoms with Gasteiger partial charge >= 0.3 is 11.9 Å². The van der Waals surface area contributed by atoms with E-state index in [1.165, 1.54) is 6.07 Å². The Kier molecular flexibility index (Phi) is 3.15. The summed E-state index contributed by atoms with van der Waals surface area (Å²) in [5, 5.41) is 7.04. The van der Waals surface area contributed by atoms with E-state index in [0.717, 1.165) is 24.3 Å². The van der Waals surface area contributed by atoms with Gasteiger partial charge in [-0.05, 0) is 19.8 Å². The van der Waals surface area contributed by atoms with Crippen molar-refractivity contribution >= 4 is 17.8 Å². The average molecular weight is 292 g/mol. The Hall–Kier alpha value is -2.38. The molecule has 1 aliphatic carbocycles. The number of rotatable bonds is 2. The average Bonchev–Trinajstić information content (AvgIpc) is 2.98. The van der Waals surface area contributed by atoms with Gasteiger partial charge in [-0.25, -0.2) is 10.2 Å². The minimum Gasteiger partial charge on any atom is -0.351 e. The molecule has 3 rings (SSSR count). The summed E-state index contributed by atoms with van der Waals surface area (Å²) in [6.45, 7) is 1.67. The molecule has 2 aliphatic rings. The first-order chi connectivity index (χ1) is 10.0. The van der Waals surface area contributed by atoms with Gasteiger partial charge in [-0.15, -0.1) is 0 Å². The Balaban J connectivity index is 1.75. The molecule has 8 heteroatoms. The van der Waals surface area contributed by atoms with Gasteiger partial charge in [-0.1, -0.05) is 24.4 Å². The smallest absolute Gasteiger partial charge is 0.344 e. The van der Waals surface area contributed by atoms with Crippen LogP contribution in [0.25, 0.3) is 0 Å². The van der Waals surface area contributed by atoms with E-state index in [-0.39, 0.29) is 5.76 Å². The number of carbonyl (C=O) groups is 3. The zero-order valence-corrected chi connectivity index (χ0v) is 11.6. The summed E-state index contributed by atoms with van der Waals surface area (Å²) in [6, 6.07) is 0.830. The van der Waals surface area contributed by atoms with Crippen molar-refractivity contribution in [1.29, 1.82) is 0 Å². The maximum Gasteiger partial charge on any atom is 0.344 e. The SMILES string of the molecule is Cc1cc(C(=O)NN2C(=O)NC3(CCCCC3)C2=O)on1. The maximum absolute atomic E-state index is 12.4. The number of aryl methyl sites for hydroxylation is 1. The highest BCUT2D eigenvalue weighted by molar-refractivity contribution is 6.08. The molecule has 1 saturated heterocycles. The Morgan fingerprint density at radius 2 is 2.10 bits per heavy atom. The van der Waals surface area contributed by atoms with Crippen molar-refractivity contribution in [2.24, 2.45) is 0 Å². The molecular formula is C13H16N4O4. The molecule has 2 heterocycles. The van der Waals surface area contributed by atoms with Gasteiger partial charge in [0.15, 0.2) is 0 Å². The van der Waals surface area contributed by atoms with Crippen LogP contribution in [0.3, 0.4) is 0 Å². The Labute approximate surface area is 120 Å². The first-order valence-electron chi connectivity index (χ1n) is 6.93. The summed E-state index contributed by atoms with van der Waals surface area (Å²) in [5.74, 6) is -1.12.